The zero-order valence-electron chi connectivity index (χ0n) is 16.1. The van der Waals surface area contributed by atoms with Crippen molar-refractivity contribution in [2.75, 3.05) is 18.0 Å². The number of amides is 2. The molecule has 0 unspecified atom stereocenters. The molecule has 5 nitrogen and oxygen atoms in total. The highest BCUT2D eigenvalue weighted by Gasteiger charge is 2.43. The van der Waals surface area contributed by atoms with Gasteiger partial charge in [-0.2, -0.15) is 0 Å². The number of para-hydroxylation sites is 1. The van der Waals surface area contributed by atoms with Gasteiger partial charge in [-0.25, -0.2) is 9.88 Å². The minimum atomic E-state index is -0.424. The summed E-state index contributed by atoms with van der Waals surface area (Å²) in [6.45, 7) is 1.54. The van der Waals surface area contributed by atoms with E-state index in [4.69, 9.17) is 28.2 Å². The van der Waals surface area contributed by atoms with E-state index in [1.54, 1.807) is 29.5 Å². The molecule has 0 N–H and O–H groups in total. The van der Waals surface area contributed by atoms with Crippen LogP contribution in [0.1, 0.15) is 30.2 Å². The fourth-order valence-corrected chi connectivity index (χ4v) is 6.01. The molecule has 0 bridgehead atoms. The lowest BCUT2D eigenvalue weighted by Gasteiger charge is -2.34. The van der Waals surface area contributed by atoms with Crippen LogP contribution >= 0.6 is 34.5 Å². The maximum absolute atomic E-state index is 13.1. The number of piperidine rings is 1. The Labute approximate surface area is 188 Å². The van der Waals surface area contributed by atoms with Crippen molar-refractivity contribution in [2.24, 2.45) is 0 Å². The normalized spacial score (nSPS) is 21.1. The Hall–Kier alpha value is -1.99. The first-order valence-electron chi connectivity index (χ1n) is 9.92. The van der Waals surface area contributed by atoms with Gasteiger partial charge in [-0.05, 0) is 56.3 Å². The maximum Gasteiger partial charge on any atom is 0.251 e. The number of hydrogen-bond acceptors (Lipinski definition) is 5. The average Bonchev–Trinajstić information content (AvgIpc) is 3.28. The number of nitrogens with zero attached hydrogens (tertiary/aromatic N) is 3. The predicted octanol–water partition coefficient (Wildman–Crippen LogP) is 5.11. The van der Waals surface area contributed by atoms with E-state index in [0.29, 0.717) is 21.7 Å². The Bertz CT molecular complexity index is 1090. The van der Waals surface area contributed by atoms with Gasteiger partial charge in [0.2, 0.25) is 5.91 Å². The summed E-state index contributed by atoms with van der Waals surface area (Å²) in [4.78, 5) is 33.9. The molecule has 1 atom stereocenters. The van der Waals surface area contributed by atoms with Crippen LogP contribution in [0.25, 0.3) is 10.2 Å². The molecule has 30 heavy (non-hydrogen) atoms. The number of aromatic nitrogens is 1. The monoisotopic (exact) mass is 459 g/mol. The number of benzene rings is 2. The van der Waals surface area contributed by atoms with Gasteiger partial charge in [-0.15, -0.1) is 11.3 Å². The number of thiazole rings is 1. The van der Waals surface area contributed by atoms with Crippen LogP contribution < -0.4 is 4.90 Å². The van der Waals surface area contributed by atoms with Crippen molar-refractivity contribution in [3.63, 3.8) is 0 Å². The fourth-order valence-electron chi connectivity index (χ4n) is 4.36. The summed E-state index contributed by atoms with van der Waals surface area (Å²) >= 11 is 13.9. The third-order valence-corrected chi connectivity index (χ3v) is 7.49. The average molecular weight is 460 g/mol. The van der Waals surface area contributed by atoms with Crippen molar-refractivity contribution >= 4 is 62.3 Å². The predicted molar refractivity (Wildman–Crippen MR) is 121 cm³/mol. The molecule has 2 fully saturated rings. The summed E-state index contributed by atoms with van der Waals surface area (Å²) in [6, 6.07) is 12.6. The molecule has 0 radical (unpaired) electrons. The van der Waals surface area contributed by atoms with Crippen LogP contribution in [0.2, 0.25) is 10.0 Å². The summed E-state index contributed by atoms with van der Waals surface area (Å²) in [5.74, 6) is -0.0119. The van der Waals surface area contributed by atoms with Crippen molar-refractivity contribution in [2.45, 2.75) is 31.2 Å². The maximum atomic E-state index is 13.1. The van der Waals surface area contributed by atoms with Crippen LogP contribution in [0.15, 0.2) is 42.5 Å². The molecule has 154 valence electrons. The molecule has 8 heteroatoms. The number of likely N-dealkylation sites (tertiary alicyclic amines) is 1. The zero-order chi connectivity index (χ0) is 20.8. The van der Waals surface area contributed by atoms with Gasteiger partial charge in [0, 0.05) is 16.0 Å². The second-order valence-corrected chi connectivity index (χ2v) is 9.68. The van der Waals surface area contributed by atoms with Gasteiger partial charge < -0.3 is 0 Å². The Morgan fingerprint density at radius 2 is 1.70 bits per heavy atom. The molecular formula is C22H19Cl2N3O2S. The number of carbonyl (C=O) groups is 2. The lowest BCUT2D eigenvalue weighted by molar-refractivity contribution is -0.123. The van der Waals surface area contributed by atoms with Crippen LogP contribution in [-0.4, -0.2) is 40.8 Å². The van der Waals surface area contributed by atoms with Crippen molar-refractivity contribution < 1.29 is 9.59 Å². The molecule has 2 aromatic carbocycles. The Morgan fingerprint density at radius 1 is 1.00 bits per heavy atom. The quantitative estimate of drug-likeness (QED) is 0.510. The molecule has 5 rings (SSSR count). The van der Waals surface area contributed by atoms with Crippen molar-refractivity contribution in [1.82, 2.24) is 9.88 Å². The number of anilines is 1. The number of imide groups is 1. The van der Waals surface area contributed by atoms with E-state index in [-0.39, 0.29) is 18.2 Å². The lowest BCUT2D eigenvalue weighted by Crippen LogP contribution is -2.45. The summed E-state index contributed by atoms with van der Waals surface area (Å²) in [6.07, 6.45) is 2.05. The van der Waals surface area contributed by atoms with E-state index in [2.05, 4.69) is 11.0 Å². The van der Waals surface area contributed by atoms with Gasteiger partial charge in [0.1, 0.15) is 0 Å². The molecule has 0 spiro atoms. The third-order valence-electron chi connectivity index (χ3n) is 5.86. The van der Waals surface area contributed by atoms with E-state index in [1.807, 2.05) is 18.2 Å². The first-order chi connectivity index (χ1) is 14.5. The molecule has 2 amide bonds. The van der Waals surface area contributed by atoms with E-state index in [9.17, 15) is 9.59 Å². The van der Waals surface area contributed by atoms with Gasteiger partial charge >= 0.3 is 0 Å². The SMILES string of the molecule is O=C1C[C@@H](N2CCC(c3nc4ccccc4s3)CC2)C(=O)N1c1cc(Cl)cc(Cl)c1. The second kappa shape index (κ2) is 7.93. The standard InChI is InChI=1S/C22H19Cl2N3O2S/c23-14-9-15(24)11-16(10-14)27-20(28)12-18(22(27)29)26-7-5-13(6-8-26)21-25-17-3-1-2-4-19(17)30-21/h1-4,9-11,13,18H,5-8,12H2/t18-/m1/s1. The van der Waals surface area contributed by atoms with Gasteiger partial charge in [-0.1, -0.05) is 35.3 Å². The molecule has 2 aliphatic rings. The first kappa shape index (κ1) is 19.9. The molecule has 1 aromatic heterocycles. The van der Waals surface area contributed by atoms with Gasteiger partial charge in [0.15, 0.2) is 0 Å². The van der Waals surface area contributed by atoms with Crippen LogP contribution in [0, 0.1) is 0 Å². The van der Waals surface area contributed by atoms with E-state index >= 15 is 0 Å². The summed E-state index contributed by atoms with van der Waals surface area (Å²) in [5, 5.41) is 1.97. The Morgan fingerprint density at radius 3 is 2.40 bits per heavy atom. The largest absolute Gasteiger partial charge is 0.291 e. The minimum Gasteiger partial charge on any atom is -0.291 e. The summed E-state index contributed by atoms with van der Waals surface area (Å²) in [7, 11) is 0. The molecule has 2 saturated heterocycles. The molecule has 3 aromatic rings. The lowest BCUT2D eigenvalue weighted by atomic mass is 9.96. The van der Waals surface area contributed by atoms with Crippen LogP contribution in [0.3, 0.4) is 0 Å². The number of halogens is 2. The number of rotatable bonds is 3. The summed E-state index contributed by atoms with van der Waals surface area (Å²) in [5.41, 5.74) is 1.49. The van der Waals surface area contributed by atoms with Crippen LogP contribution in [-0.2, 0) is 9.59 Å². The molecule has 3 heterocycles. The third kappa shape index (κ3) is 3.62. The highest BCUT2D eigenvalue weighted by Crippen LogP contribution is 2.36. The van der Waals surface area contributed by atoms with Gasteiger partial charge in [0.05, 0.1) is 33.4 Å². The van der Waals surface area contributed by atoms with E-state index in [1.165, 1.54) is 14.6 Å². The zero-order valence-corrected chi connectivity index (χ0v) is 18.4. The smallest absolute Gasteiger partial charge is 0.251 e. The number of carbonyl (C=O) groups excluding carboxylic acids is 2. The topological polar surface area (TPSA) is 53.5 Å². The minimum absolute atomic E-state index is 0.189. The number of fused-ring (bicyclic) bond motifs is 1. The summed E-state index contributed by atoms with van der Waals surface area (Å²) < 4.78 is 1.21. The van der Waals surface area contributed by atoms with Gasteiger partial charge in [0.25, 0.3) is 5.91 Å². The van der Waals surface area contributed by atoms with Crippen molar-refractivity contribution in [3.8, 4) is 0 Å². The Kier molecular flexibility index (Phi) is 5.27. The highest BCUT2D eigenvalue weighted by atomic mass is 35.5. The van der Waals surface area contributed by atoms with E-state index in [0.717, 1.165) is 31.4 Å². The fraction of sp³-hybridized carbons (Fsp3) is 0.318. The highest BCUT2D eigenvalue weighted by molar-refractivity contribution is 7.18. The van der Waals surface area contributed by atoms with E-state index < -0.39 is 6.04 Å². The Balaban J connectivity index is 1.29. The first-order valence-corrected chi connectivity index (χ1v) is 11.5. The molecular weight excluding hydrogens is 441 g/mol. The van der Waals surface area contributed by atoms with Crippen molar-refractivity contribution in [1.29, 1.82) is 0 Å². The molecule has 0 saturated carbocycles. The number of hydrogen-bond donors (Lipinski definition) is 0. The van der Waals surface area contributed by atoms with Crippen LogP contribution in [0.4, 0.5) is 5.69 Å². The van der Waals surface area contributed by atoms with Gasteiger partial charge in [-0.3, -0.25) is 14.5 Å². The molecule has 2 aliphatic heterocycles. The second-order valence-electron chi connectivity index (χ2n) is 7.75. The van der Waals surface area contributed by atoms with Crippen molar-refractivity contribution in [3.05, 3.63) is 57.5 Å². The molecule has 0 aliphatic carbocycles. The van der Waals surface area contributed by atoms with Crippen LogP contribution in [0.5, 0.6) is 0 Å².